The first-order chi connectivity index (χ1) is 10.0. The summed E-state index contributed by atoms with van der Waals surface area (Å²) in [5.41, 5.74) is 6.56. The molecule has 0 aliphatic carbocycles. The minimum absolute atomic E-state index is 0.201. The third-order valence-electron chi connectivity index (χ3n) is 3.01. The molecule has 6 heteroatoms. The van der Waals surface area contributed by atoms with E-state index in [1.807, 2.05) is 36.2 Å². The minimum Gasteiger partial charge on any atom is -0.491 e. The molecule has 2 atom stereocenters. The Kier molecular flexibility index (Phi) is 8.26. The van der Waals surface area contributed by atoms with E-state index in [0.717, 1.165) is 5.56 Å². The van der Waals surface area contributed by atoms with E-state index in [9.17, 15) is 10.2 Å². The van der Waals surface area contributed by atoms with Gasteiger partial charge < -0.3 is 30.3 Å². The van der Waals surface area contributed by atoms with Crippen LogP contribution in [0, 0.1) is 0 Å². The molecule has 21 heavy (non-hydrogen) atoms. The molecule has 0 aromatic heterocycles. The molecule has 120 valence electrons. The molecule has 0 aliphatic heterocycles. The second kappa shape index (κ2) is 9.70. The van der Waals surface area contributed by atoms with Crippen LogP contribution >= 0.6 is 0 Å². The summed E-state index contributed by atoms with van der Waals surface area (Å²) in [6.45, 7) is 1.84. The first kappa shape index (κ1) is 17.9. The van der Waals surface area contributed by atoms with Crippen molar-refractivity contribution in [1.29, 1.82) is 0 Å². The van der Waals surface area contributed by atoms with Crippen LogP contribution in [0.1, 0.15) is 5.56 Å². The third-order valence-corrected chi connectivity index (χ3v) is 3.01. The summed E-state index contributed by atoms with van der Waals surface area (Å²) in [7, 11) is 3.37. The van der Waals surface area contributed by atoms with Crippen LogP contribution in [0.2, 0.25) is 0 Å². The molecule has 0 saturated heterocycles. The Morgan fingerprint density at radius 2 is 1.67 bits per heavy atom. The minimum atomic E-state index is -0.626. The van der Waals surface area contributed by atoms with Crippen molar-refractivity contribution in [2.24, 2.45) is 5.73 Å². The number of aliphatic hydroxyl groups excluding tert-OH is 2. The molecule has 2 unspecified atom stereocenters. The van der Waals surface area contributed by atoms with Crippen molar-refractivity contribution in [3.8, 4) is 5.75 Å². The van der Waals surface area contributed by atoms with E-state index in [1.54, 1.807) is 7.11 Å². The zero-order chi connectivity index (χ0) is 15.7. The highest BCUT2D eigenvalue weighted by Gasteiger charge is 2.12. The number of methoxy groups -OCH3 is 1. The predicted octanol–water partition coefficient (Wildman–Crippen LogP) is -0.176. The van der Waals surface area contributed by atoms with Gasteiger partial charge in [-0.2, -0.15) is 0 Å². The van der Waals surface area contributed by atoms with E-state index in [0.29, 0.717) is 25.4 Å². The van der Waals surface area contributed by atoms with E-state index in [4.69, 9.17) is 15.2 Å². The van der Waals surface area contributed by atoms with Gasteiger partial charge in [0.2, 0.25) is 0 Å². The van der Waals surface area contributed by atoms with Gasteiger partial charge in [-0.25, -0.2) is 0 Å². The number of rotatable bonds is 10. The van der Waals surface area contributed by atoms with Crippen molar-refractivity contribution in [1.82, 2.24) is 4.90 Å². The van der Waals surface area contributed by atoms with Gasteiger partial charge in [0.25, 0.3) is 0 Å². The van der Waals surface area contributed by atoms with Crippen LogP contribution in [0.4, 0.5) is 0 Å². The Labute approximate surface area is 126 Å². The van der Waals surface area contributed by atoms with E-state index < -0.39 is 12.2 Å². The van der Waals surface area contributed by atoms with Gasteiger partial charge >= 0.3 is 0 Å². The van der Waals surface area contributed by atoms with Gasteiger partial charge in [-0.1, -0.05) is 12.1 Å². The average molecular weight is 298 g/mol. The predicted molar refractivity (Wildman–Crippen MR) is 81.2 cm³/mol. The number of nitrogens with two attached hydrogens (primary N) is 1. The Balaban J connectivity index is 2.27. The van der Waals surface area contributed by atoms with Crippen molar-refractivity contribution < 1.29 is 19.7 Å². The lowest BCUT2D eigenvalue weighted by Gasteiger charge is -2.23. The van der Waals surface area contributed by atoms with Crippen LogP contribution in [0.5, 0.6) is 5.75 Å². The lowest BCUT2D eigenvalue weighted by Crippen LogP contribution is -2.38. The topological polar surface area (TPSA) is 88.2 Å². The monoisotopic (exact) mass is 298 g/mol. The normalized spacial score (nSPS) is 14.2. The Morgan fingerprint density at radius 1 is 1.10 bits per heavy atom. The van der Waals surface area contributed by atoms with Crippen LogP contribution in [0.25, 0.3) is 0 Å². The first-order valence-electron chi connectivity index (χ1n) is 7.00. The fraction of sp³-hybridized carbons (Fsp3) is 0.600. The number of ether oxygens (including phenoxy) is 2. The molecule has 0 bridgehead atoms. The number of benzene rings is 1. The summed E-state index contributed by atoms with van der Waals surface area (Å²) < 4.78 is 10.4. The van der Waals surface area contributed by atoms with Crippen molar-refractivity contribution in [3.05, 3.63) is 29.8 Å². The molecule has 0 amide bonds. The second-order valence-electron chi connectivity index (χ2n) is 5.14. The molecule has 0 fully saturated rings. The fourth-order valence-electron chi connectivity index (χ4n) is 2.01. The highest BCUT2D eigenvalue weighted by atomic mass is 16.5. The molecule has 0 saturated carbocycles. The maximum Gasteiger partial charge on any atom is 0.119 e. The third kappa shape index (κ3) is 7.40. The van der Waals surface area contributed by atoms with Crippen molar-refractivity contribution in [2.45, 2.75) is 18.8 Å². The molecular weight excluding hydrogens is 272 g/mol. The molecular formula is C15H26N2O4. The van der Waals surface area contributed by atoms with Gasteiger partial charge in [0, 0.05) is 26.7 Å². The van der Waals surface area contributed by atoms with Crippen molar-refractivity contribution >= 4 is 0 Å². The first-order valence-corrected chi connectivity index (χ1v) is 7.00. The fourth-order valence-corrected chi connectivity index (χ4v) is 2.01. The summed E-state index contributed by atoms with van der Waals surface area (Å²) >= 11 is 0. The molecule has 1 rings (SSSR count). The van der Waals surface area contributed by atoms with Gasteiger partial charge in [-0.15, -0.1) is 0 Å². The Bertz CT molecular complexity index is 386. The number of hydrogen-bond acceptors (Lipinski definition) is 6. The molecule has 1 aromatic rings. The zero-order valence-electron chi connectivity index (χ0n) is 12.7. The number of nitrogens with zero attached hydrogens (tertiary/aromatic N) is 1. The summed E-state index contributed by atoms with van der Waals surface area (Å²) in [5.74, 6) is 0.702. The Morgan fingerprint density at radius 3 is 2.19 bits per heavy atom. The average Bonchev–Trinajstić information content (AvgIpc) is 2.45. The maximum atomic E-state index is 9.92. The highest BCUT2D eigenvalue weighted by molar-refractivity contribution is 5.27. The molecule has 1 aromatic carbocycles. The quantitative estimate of drug-likeness (QED) is 0.555. The van der Waals surface area contributed by atoms with Crippen LogP contribution in [-0.2, 0) is 11.3 Å². The standard InChI is InChI=1S/C15H26N2O4/c1-17(8-13(18)10-20-2)9-14(19)11-21-15-5-3-12(7-16)4-6-15/h3-6,13-14,18-19H,7-11,16H2,1-2H3. The van der Waals surface area contributed by atoms with E-state index in [2.05, 4.69) is 0 Å². The molecule has 0 aliphatic rings. The molecule has 0 heterocycles. The zero-order valence-corrected chi connectivity index (χ0v) is 12.7. The van der Waals surface area contributed by atoms with Gasteiger partial charge in [0.1, 0.15) is 18.5 Å². The highest BCUT2D eigenvalue weighted by Crippen LogP contribution is 2.12. The lowest BCUT2D eigenvalue weighted by molar-refractivity contribution is 0.0243. The van der Waals surface area contributed by atoms with Crippen LogP contribution in [-0.4, -0.2) is 67.8 Å². The van der Waals surface area contributed by atoms with Gasteiger partial charge in [-0.05, 0) is 24.7 Å². The largest absolute Gasteiger partial charge is 0.491 e. The van der Waals surface area contributed by atoms with Crippen molar-refractivity contribution in [3.63, 3.8) is 0 Å². The lowest BCUT2D eigenvalue weighted by atomic mass is 10.2. The number of likely N-dealkylation sites (N-methyl/N-ethyl adjacent to an activating group) is 1. The number of hydrogen-bond donors (Lipinski definition) is 3. The number of aliphatic hydroxyl groups is 2. The second-order valence-corrected chi connectivity index (χ2v) is 5.14. The molecule has 0 radical (unpaired) electrons. The summed E-state index contributed by atoms with van der Waals surface area (Å²) in [4.78, 5) is 1.84. The summed E-state index contributed by atoms with van der Waals surface area (Å²) in [6, 6.07) is 7.46. The van der Waals surface area contributed by atoms with E-state index >= 15 is 0 Å². The van der Waals surface area contributed by atoms with Gasteiger partial charge in [0.15, 0.2) is 0 Å². The maximum absolute atomic E-state index is 9.92. The summed E-state index contributed by atoms with van der Waals surface area (Å²) in [5, 5.41) is 19.5. The molecule has 4 N–H and O–H groups in total. The van der Waals surface area contributed by atoms with Crippen LogP contribution in [0.15, 0.2) is 24.3 Å². The molecule has 0 spiro atoms. The van der Waals surface area contributed by atoms with Gasteiger partial charge in [0.05, 0.1) is 12.7 Å². The van der Waals surface area contributed by atoms with Crippen molar-refractivity contribution in [2.75, 3.05) is 40.5 Å². The van der Waals surface area contributed by atoms with E-state index in [-0.39, 0.29) is 13.2 Å². The van der Waals surface area contributed by atoms with Crippen LogP contribution < -0.4 is 10.5 Å². The SMILES string of the molecule is COCC(O)CN(C)CC(O)COc1ccc(CN)cc1. The Hall–Kier alpha value is -1.18. The van der Waals surface area contributed by atoms with Crippen LogP contribution in [0.3, 0.4) is 0 Å². The summed E-state index contributed by atoms with van der Waals surface area (Å²) in [6.07, 6.45) is -1.18. The smallest absolute Gasteiger partial charge is 0.119 e. The van der Waals surface area contributed by atoms with Gasteiger partial charge in [-0.3, -0.25) is 0 Å². The van der Waals surface area contributed by atoms with E-state index in [1.165, 1.54) is 0 Å². The molecule has 6 nitrogen and oxygen atoms in total.